The summed E-state index contributed by atoms with van der Waals surface area (Å²) < 4.78 is 0. The van der Waals surface area contributed by atoms with Crippen molar-refractivity contribution in [1.29, 1.82) is 0 Å². The zero-order chi connectivity index (χ0) is 14.9. The molecule has 21 heavy (non-hydrogen) atoms. The minimum atomic E-state index is -0.476. The van der Waals surface area contributed by atoms with Crippen LogP contribution in [0.2, 0.25) is 0 Å². The normalized spacial score (nSPS) is 32.1. The van der Waals surface area contributed by atoms with Gasteiger partial charge in [-0.3, -0.25) is 4.90 Å². The molecule has 114 valence electrons. The lowest BCUT2D eigenvalue weighted by Crippen LogP contribution is -2.50. The van der Waals surface area contributed by atoms with E-state index in [1.54, 1.807) is 0 Å². The molecule has 0 amide bonds. The molecule has 2 unspecified atom stereocenters. The van der Waals surface area contributed by atoms with E-state index in [0.717, 1.165) is 25.8 Å². The number of allylic oxidation sites excluding steroid dienone is 1. The molecule has 2 aliphatic rings. The molecule has 1 aromatic carbocycles. The van der Waals surface area contributed by atoms with Crippen molar-refractivity contribution in [2.45, 2.75) is 70.2 Å². The first kappa shape index (κ1) is 14.8. The Labute approximate surface area is 128 Å². The largest absolute Gasteiger partial charge is 0.389 e. The molecule has 2 fully saturated rings. The molecule has 0 spiro atoms. The second-order valence-corrected chi connectivity index (χ2v) is 7.16. The highest BCUT2D eigenvalue weighted by Crippen LogP contribution is 2.43. The van der Waals surface area contributed by atoms with Gasteiger partial charge in [0.05, 0.1) is 5.60 Å². The predicted molar refractivity (Wildman–Crippen MR) is 87.0 cm³/mol. The molecule has 0 radical (unpaired) electrons. The molecule has 2 aliphatic heterocycles. The Kier molecular flexibility index (Phi) is 4.19. The van der Waals surface area contributed by atoms with Crippen LogP contribution in [0.5, 0.6) is 0 Å². The fourth-order valence-corrected chi connectivity index (χ4v) is 4.03. The van der Waals surface area contributed by atoms with Crippen LogP contribution in [0, 0.1) is 0 Å². The van der Waals surface area contributed by atoms with E-state index in [-0.39, 0.29) is 0 Å². The maximum atomic E-state index is 10.9. The summed E-state index contributed by atoms with van der Waals surface area (Å²) in [7, 11) is 0. The molecule has 2 heterocycles. The van der Waals surface area contributed by atoms with Crippen LogP contribution in [-0.2, 0) is 6.54 Å². The molecular weight excluding hydrogens is 258 g/mol. The average molecular weight is 285 g/mol. The lowest BCUT2D eigenvalue weighted by atomic mass is 9.83. The second kappa shape index (κ2) is 5.94. The average Bonchev–Trinajstić information content (AvgIpc) is 2.71. The van der Waals surface area contributed by atoms with E-state index in [0.29, 0.717) is 12.1 Å². The monoisotopic (exact) mass is 285 g/mol. The summed E-state index contributed by atoms with van der Waals surface area (Å²) in [5.41, 5.74) is 2.22. The minimum Gasteiger partial charge on any atom is -0.389 e. The molecule has 2 saturated heterocycles. The lowest BCUT2D eigenvalue weighted by molar-refractivity contribution is -0.0523. The van der Waals surface area contributed by atoms with Crippen LogP contribution in [0.25, 0.3) is 0 Å². The van der Waals surface area contributed by atoms with E-state index in [4.69, 9.17) is 0 Å². The van der Waals surface area contributed by atoms with E-state index in [9.17, 15) is 5.11 Å². The molecule has 2 heteroatoms. The third-order valence-corrected chi connectivity index (χ3v) is 5.10. The highest BCUT2D eigenvalue weighted by atomic mass is 16.3. The summed E-state index contributed by atoms with van der Waals surface area (Å²) in [5, 5.41) is 10.9. The van der Waals surface area contributed by atoms with Crippen LogP contribution in [0.3, 0.4) is 0 Å². The van der Waals surface area contributed by atoms with Crippen molar-refractivity contribution in [3.8, 4) is 0 Å². The molecule has 2 bridgehead atoms. The number of aliphatic hydroxyl groups is 1. The van der Waals surface area contributed by atoms with Crippen molar-refractivity contribution < 1.29 is 5.11 Å². The molecule has 0 aromatic heterocycles. The van der Waals surface area contributed by atoms with Gasteiger partial charge in [-0.2, -0.15) is 0 Å². The number of hydrogen-bond donors (Lipinski definition) is 1. The maximum Gasteiger partial charge on any atom is 0.0711 e. The summed E-state index contributed by atoms with van der Waals surface area (Å²) in [4.78, 5) is 2.63. The number of fused-ring (bicyclic) bond motifs is 2. The Balaban J connectivity index is 1.68. The molecular formula is C19H27NO. The Bertz CT molecular complexity index is 490. The molecule has 2 atom stereocenters. The van der Waals surface area contributed by atoms with E-state index in [1.165, 1.54) is 24.0 Å². The fourth-order valence-electron chi connectivity index (χ4n) is 4.03. The van der Waals surface area contributed by atoms with Crippen LogP contribution < -0.4 is 0 Å². The van der Waals surface area contributed by atoms with Crippen molar-refractivity contribution in [3.05, 3.63) is 47.5 Å². The lowest BCUT2D eigenvalue weighted by Gasteiger charge is -2.43. The van der Waals surface area contributed by atoms with Gasteiger partial charge in [-0.15, -0.1) is 0 Å². The van der Waals surface area contributed by atoms with Gasteiger partial charge in [0.25, 0.3) is 0 Å². The second-order valence-electron chi connectivity index (χ2n) is 7.16. The van der Waals surface area contributed by atoms with Crippen molar-refractivity contribution >= 4 is 0 Å². The molecule has 0 aliphatic carbocycles. The van der Waals surface area contributed by atoms with Crippen LogP contribution in [0.1, 0.15) is 51.5 Å². The maximum absolute atomic E-state index is 10.9. The standard InChI is InChI=1S/C19H27NO/c1-15(2)10-11-19(21)12-17-8-9-18(13-19)20(17)14-16-6-4-3-5-7-16/h3-7,10,17-18,21H,8-9,11-14H2,1-2H3. The first-order chi connectivity index (χ1) is 10.1. The van der Waals surface area contributed by atoms with Crippen molar-refractivity contribution in [2.75, 3.05) is 0 Å². The van der Waals surface area contributed by atoms with E-state index in [1.807, 2.05) is 0 Å². The Hall–Kier alpha value is -1.12. The van der Waals surface area contributed by atoms with Gasteiger partial charge in [0.1, 0.15) is 0 Å². The number of hydrogen-bond acceptors (Lipinski definition) is 2. The fraction of sp³-hybridized carbons (Fsp3) is 0.579. The van der Waals surface area contributed by atoms with E-state index in [2.05, 4.69) is 55.2 Å². The van der Waals surface area contributed by atoms with Gasteiger partial charge in [-0.1, -0.05) is 42.0 Å². The Morgan fingerprint density at radius 3 is 2.38 bits per heavy atom. The summed E-state index contributed by atoms with van der Waals surface area (Å²) >= 11 is 0. The molecule has 3 rings (SSSR count). The summed E-state index contributed by atoms with van der Waals surface area (Å²) in [6, 6.07) is 11.8. The van der Waals surface area contributed by atoms with Gasteiger partial charge in [0, 0.05) is 18.6 Å². The predicted octanol–water partition coefficient (Wildman–Crippen LogP) is 3.90. The Morgan fingerprint density at radius 1 is 1.19 bits per heavy atom. The zero-order valence-electron chi connectivity index (χ0n) is 13.3. The van der Waals surface area contributed by atoms with Gasteiger partial charge in [0.15, 0.2) is 0 Å². The molecule has 0 saturated carbocycles. The first-order valence-electron chi connectivity index (χ1n) is 8.21. The molecule has 1 aromatic rings. The van der Waals surface area contributed by atoms with Crippen molar-refractivity contribution in [1.82, 2.24) is 4.90 Å². The van der Waals surface area contributed by atoms with Gasteiger partial charge < -0.3 is 5.11 Å². The summed E-state index contributed by atoms with van der Waals surface area (Å²) in [6.07, 6.45) is 7.37. The number of rotatable bonds is 4. The number of nitrogens with zero attached hydrogens (tertiary/aromatic N) is 1. The summed E-state index contributed by atoms with van der Waals surface area (Å²) in [6.45, 7) is 5.26. The van der Waals surface area contributed by atoms with Crippen LogP contribution in [0.15, 0.2) is 42.0 Å². The minimum absolute atomic E-state index is 0.476. The third kappa shape index (κ3) is 3.38. The van der Waals surface area contributed by atoms with Crippen LogP contribution in [0.4, 0.5) is 0 Å². The van der Waals surface area contributed by atoms with E-state index < -0.39 is 5.60 Å². The van der Waals surface area contributed by atoms with Crippen LogP contribution in [-0.4, -0.2) is 27.7 Å². The van der Waals surface area contributed by atoms with Gasteiger partial charge in [-0.05, 0) is 51.5 Å². The molecule has 1 N–H and O–H groups in total. The SMILES string of the molecule is CC(C)=CCC1(O)CC2CCC(C1)N2Cc1ccccc1. The van der Waals surface area contributed by atoms with Gasteiger partial charge >= 0.3 is 0 Å². The molecule has 2 nitrogen and oxygen atoms in total. The number of piperidine rings is 1. The van der Waals surface area contributed by atoms with Gasteiger partial charge in [0.2, 0.25) is 0 Å². The topological polar surface area (TPSA) is 23.5 Å². The zero-order valence-corrected chi connectivity index (χ0v) is 13.3. The summed E-state index contributed by atoms with van der Waals surface area (Å²) in [5.74, 6) is 0. The smallest absolute Gasteiger partial charge is 0.0711 e. The van der Waals surface area contributed by atoms with E-state index >= 15 is 0 Å². The quantitative estimate of drug-likeness (QED) is 0.848. The van der Waals surface area contributed by atoms with Crippen molar-refractivity contribution in [2.24, 2.45) is 0 Å². The van der Waals surface area contributed by atoms with Gasteiger partial charge in [-0.25, -0.2) is 0 Å². The highest BCUT2D eigenvalue weighted by molar-refractivity contribution is 5.16. The van der Waals surface area contributed by atoms with Crippen molar-refractivity contribution in [3.63, 3.8) is 0 Å². The Morgan fingerprint density at radius 2 is 1.81 bits per heavy atom. The highest BCUT2D eigenvalue weighted by Gasteiger charge is 2.46. The third-order valence-electron chi connectivity index (χ3n) is 5.10. The number of benzene rings is 1. The first-order valence-corrected chi connectivity index (χ1v) is 8.21. The van der Waals surface area contributed by atoms with Crippen LogP contribution >= 0.6 is 0 Å².